The lowest BCUT2D eigenvalue weighted by atomic mass is 9.98. The van der Waals surface area contributed by atoms with Gasteiger partial charge in [-0.15, -0.1) is 0 Å². The molecule has 1 aliphatic rings. The minimum Gasteiger partial charge on any atom is -0.460 e. The van der Waals surface area contributed by atoms with Gasteiger partial charge in [0.15, 0.2) is 0 Å². The minimum atomic E-state index is 0.295. The maximum atomic E-state index is 5.86. The van der Waals surface area contributed by atoms with Crippen LogP contribution in [0.15, 0.2) is 34.7 Å². The second-order valence-electron chi connectivity index (χ2n) is 7.06. The summed E-state index contributed by atoms with van der Waals surface area (Å²) in [5.74, 6) is 1.04. The maximum absolute atomic E-state index is 5.86. The molecule has 0 atom stereocenters. The molecule has 2 aromatic rings. The van der Waals surface area contributed by atoms with E-state index in [-0.39, 0.29) is 0 Å². The van der Waals surface area contributed by atoms with Crippen molar-refractivity contribution >= 4 is 11.0 Å². The van der Waals surface area contributed by atoms with Gasteiger partial charge in [0.25, 0.3) is 0 Å². The topological polar surface area (TPSA) is 28.4 Å². The van der Waals surface area contributed by atoms with Gasteiger partial charge in [0, 0.05) is 30.1 Å². The monoisotopic (exact) mass is 286 g/mol. The number of likely N-dealkylation sites (tertiary alicyclic amines) is 1. The number of para-hydroxylation sites is 1. The van der Waals surface area contributed by atoms with Crippen molar-refractivity contribution in [3.8, 4) is 0 Å². The molecule has 0 amide bonds. The van der Waals surface area contributed by atoms with E-state index >= 15 is 0 Å². The van der Waals surface area contributed by atoms with Crippen LogP contribution in [-0.2, 0) is 6.54 Å². The van der Waals surface area contributed by atoms with Crippen LogP contribution in [0.1, 0.15) is 39.4 Å². The summed E-state index contributed by atoms with van der Waals surface area (Å²) in [5.41, 5.74) is 1.28. The summed E-state index contributed by atoms with van der Waals surface area (Å²) in [4.78, 5) is 2.58. The van der Waals surface area contributed by atoms with Crippen LogP contribution in [0, 0.1) is 0 Å². The fourth-order valence-electron chi connectivity index (χ4n) is 3.12. The fraction of sp³-hybridized carbons (Fsp3) is 0.556. The molecule has 1 aromatic heterocycles. The number of rotatable bonds is 3. The van der Waals surface area contributed by atoms with E-state index in [0.717, 1.165) is 17.9 Å². The van der Waals surface area contributed by atoms with Crippen LogP contribution in [0.5, 0.6) is 0 Å². The molecule has 114 valence electrons. The van der Waals surface area contributed by atoms with E-state index < -0.39 is 0 Å². The van der Waals surface area contributed by atoms with Gasteiger partial charge in [-0.3, -0.25) is 4.90 Å². The third-order valence-electron chi connectivity index (χ3n) is 4.49. The van der Waals surface area contributed by atoms with E-state index in [1.165, 1.54) is 31.3 Å². The Balaban J connectivity index is 1.52. The van der Waals surface area contributed by atoms with E-state index in [4.69, 9.17) is 4.42 Å². The van der Waals surface area contributed by atoms with Gasteiger partial charge in [0.1, 0.15) is 11.3 Å². The molecule has 3 rings (SSSR count). The Morgan fingerprint density at radius 3 is 2.57 bits per heavy atom. The molecule has 0 spiro atoms. The van der Waals surface area contributed by atoms with E-state index in [0.29, 0.717) is 11.6 Å². The van der Waals surface area contributed by atoms with Crippen molar-refractivity contribution in [2.24, 2.45) is 0 Å². The Morgan fingerprint density at radius 2 is 1.90 bits per heavy atom. The van der Waals surface area contributed by atoms with Crippen LogP contribution in [0.3, 0.4) is 0 Å². The van der Waals surface area contributed by atoms with Gasteiger partial charge in [0.05, 0.1) is 6.54 Å². The highest BCUT2D eigenvalue weighted by Crippen LogP contribution is 2.21. The molecule has 1 aromatic carbocycles. The van der Waals surface area contributed by atoms with Crippen LogP contribution in [0.25, 0.3) is 11.0 Å². The number of piperidine rings is 1. The van der Waals surface area contributed by atoms with E-state index in [1.807, 2.05) is 12.1 Å². The molecule has 0 bridgehead atoms. The van der Waals surface area contributed by atoms with Crippen LogP contribution in [-0.4, -0.2) is 29.6 Å². The molecule has 1 saturated heterocycles. The first-order valence-electron chi connectivity index (χ1n) is 7.98. The minimum absolute atomic E-state index is 0.295. The van der Waals surface area contributed by atoms with Gasteiger partial charge in [-0.05, 0) is 45.7 Å². The van der Waals surface area contributed by atoms with Crippen molar-refractivity contribution in [3.05, 3.63) is 36.1 Å². The molecule has 3 heteroatoms. The highest BCUT2D eigenvalue weighted by Gasteiger charge is 2.26. The molecule has 0 radical (unpaired) electrons. The van der Waals surface area contributed by atoms with Crippen LogP contribution in [0.4, 0.5) is 0 Å². The number of hydrogen-bond acceptors (Lipinski definition) is 3. The average molecular weight is 286 g/mol. The second kappa shape index (κ2) is 5.82. The van der Waals surface area contributed by atoms with Crippen molar-refractivity contribution in [1.29, 1.82) is 0 Å². The molecule has 0 unspecified atom stereocenters. The SMILES string of the molecule is CC(C)(C)N1CCC(NCc2cc3ccccc3o2)CC1. The summed E-state index contributed by atoms with van der Waals surface area (Å²) in [6.07, 6.45) is 2.44. The number of furan rings is 1. The Labute approximate surface area is 127 Å². The molecule has 0 saturated carbocycles. The lowest BCUT2D eigenvalue weighted by Gasteiger charge is -2.41. The predicted molar refractivity (Wildman–Crippen MR) is 87.4 cm³/mol. The zero-order valence-corrected chi connectivity index (χ0v) is 13.4. The summed E-state index contributed by atoms with van der Waals surface area (Å²) in [7, 11) is 0. The summed E-state index contributed by atoms with van der Waals surface area (Å²) in [6.45, 7) is 10.1. The van der Waals surface area contributed by atoms with E-state index in [1.54, 1.807) is 0 Å². The maximum Gasteiger partial charge on any atom is 0.134 e. The third kappa shape index (κ3) is 3.47. The van der Waals surface area contributed by atoms with Crippen LogP contribution < -0.4 is 5.32 Å². The van der Waals surface area contributed by atoms with E-state index in [9.17, 15) is 0 Å². The zero-order chi connectivity index (χ0) is 14.9. The molecule has 3 nitrogen and oxygen atoms in total. The predicted octanol–water partition coefficient (Wildman–Crippen LogP) is 3.79. The highest BCUT2D eigenvalue weighted by atomic mass is 16.3. The van der Waals surface area contributed by atoms with E-state index in [2.05, 4.69) is 49.2 Å². The van der Waals surface area contributed by atoms with Gasteiger partial charge >= 0.3 is 0 Å². The van der Waals surface area contributed by atoms with Crippen LogP contribution in [0.2, 0.25) is 0 Å². The Kier molecular flexibility index (Phi) is 4.05. The van der Waals surface area contributed by atoms with Gasteiger partial charge in [-0.2, -0.15) is 0 Å². The summed E-state index contributed by atoms with van der Waals surface area (Å²) in [5, 5.41) is 4.84. The number of nitrogens with one attached hydrogen (secondary N) is 1. The molecular formula is C18H26N2O. The number of nitrogens with zero attached hydrogens (tertiary/aromatic N) is 1. The normalized spacial score (nSPS) is 18.4. The summed E-state index contributed by atoms with van der Waals surface area (Å²) in [6, 6.07) is 11.0. The lowest BCUT2D eigenvalue weighted by Crippen LogP contribution is -2.49. The highest BCUT2D eigenvalue weighted by molar-refractivity contribution is 5.77. The molecule has 1 aliphatic heterocycles. The largest absolute Gasteiger partial charge is 0.460 e. The number of hydrogen-bond donors (Lipinski definition) is 1. The summed E-state index contributed by atoms with van der Waals surface area (Å²) < 4.78 is 5.86. The van der Waals surface area contributed by atoms with Gasteiger partial charge in [-0.25, -0.2) is 0 Å². The van der Waals surface area contributed by atoms with Gasteiger partial charge < -0.3 is 9.73 Å². The first-order valence-corrected chi connectivity index (χ1v) is 7.98. The first kappa shape index (κ1) is 14.6. The molecule has 0 aliphatic carbocycles. The Hall–Kier alpha value is -1.32. The second-order valence-corrected chi connectivity index (χ2v) is 7.06. The third-order valence-corrected chi connectivity index (χ3v) is 4.49. The standard InChI is InChI=1S/C18H26N2O/c1-18(2,3)20-10-8-15(9-11-20)19-13-16-12-14-6-4-5-7-17(14)21-16/h4-7,12,15,19H,8-11,13H2,1-3H3. The van der Waals surface area contributed by atoms with Crippen molar-refractivity contribution in [2.45, 2.75) is 51.7 Å². The first-order chi connectivity index (χ1) is 10.0. The Morgan fingerprint density at radius 1 is 1.19 bits per heavy atom. The van der Waals surface area contributed by atoms with Crippen molar-refractivity contribution in [3.63, 3.8) is 0 Å². The molecule has 2 heterocycles. The van der Waals surface area contributed by atoms with Gasteiger partial charge in [0.2, 0.25) is 0 Å². The van der Waals surface area contributed by atoms with Gasteiger partial charge in [-0.1, -0.05) is 18.2 Å². The number of fused-ring (bicyclic) bond motifs is 1. The quantitative estimate of drug-likeness (QED) is 0.930. The Bertz CT molecular complexity index is 556. The average Bonchev–Trinajstić information content (AvgIpc) is 2.87. The molecule has 1 N–H and O–H groups in total. The zero-order valence-electron chi connectivity index (χ0n) is 13.4. The molecule has 21 heavy (non-hydrogen) atoms. The smallest absolute Gasteiger partial charge is 0.134 e. The van der Waals surface area contributed by atoms with Crippen molar-refractivity contribution < 1.29 is 4.42 Å². The van der Waals surface area contributed by atoms with Crippen molar-refractivity contribution in [2.75, 3.05) is 13.1 Å². The van der Waals surface area contributed by atoms with Crippen molar-refractivity contribution in [1.82, 2.24) is 10.2 Å². The molecular weight excluding hydrogens is 260 g/mol. The van der Waals surface area contributed by atoms with Crippen LogP contribution >= 0.6 is 0 Å². The number of benzene rings is 1. The fourth-order valence-corrected chi connectivity index (χ4v) is 3.12. The molecule has 1 fully saturated rings. The lowest BCUT2D eigenvalue weighted by molar-refractivity contribution is 0.0956. The summed E-state index contributed by atoms with van der Waals surface area (Å²) >= 11 is 0.